The van der Waals surface area contributed by atoms with Crippen LogP contribution in [0.15, 0.2) is 48.5 Å². The number of halogens is 1. The van der Waals surface area contributed by atoms with Gasteiger partial charge < -0.3 is 10.1 Å². The van der Waals surface area contributed by atoms with Crippen molar-refractivity contribution in [3.63, 3.8) is 0 Å². The number of nitrogens with one attached hydrogen (secondary N) is 1. The SMILES string of the molecule is COc1ccc(N(C(=O)Cn2nnc(-c3ccc(F)cc3)n2)[C@@H](C)C(=O)NC2CCCC2)cc1. The van der Waals surface area contributed by atoms with Gasteiger partial charge in [0, 0.05) is 17.3 Å². The third-order valence-electron chi connectivity index (χ3n) is 5.92. The first-order chi connectivity index (χ1) is 16.4. The monoisotopic (exact) mass is 466 g/mol. The summed E-state index contributed by atoms with van der Waals surface area (Å²) in [6.45, 7) is 1.48. The third kappa shape index (κ3) is 5.38. The van der Waals surface area contributed by atoms with Crippen LogP contribution in [0.1, 0.15) is 32.6 Å². The Morgan fingerprint density at radius 1 is 1.15 bits per heavy atom. The fourth-order valence-corrected chi connectivity index (χ4v) is 4.06. The van der Waals surface area contributed by atoms with Crippen LogP contribution in [-0.4, -0.2) is 51.2 Å². The summed E-state index contributed by atoms with van der Waals surface area (Å²) < 4.78 is 18.4. The number of benzene rings is 2. The summed E-state index contributed by atoms with van der Waals surface area (Å²) in [4.78, 5) is 29.0. The van der Waals surface area contributed by atoms with Gasteiger partial charge in [-0.05, 0) is 73.5 Å². The van der Waals surface area contributed by atoms with Gasteiger partial charge in [0.05, 0.1) is 7.11 Å². The molecular formula is C24H27FN6O3. The molecular weight excluding hydrogens is 439 g/mol. The lowest BCUT2D eigenvalue weighted by atomic mass is 10.1. The fraction of sp³-hybridized carbons (Fsp3) is 0.375. The zero-order chi connectivity index (χ0) is 24.1. The van der Waals surface area contributed by atoms with E-state index in [1.54, 1.807) is 38.3 Å². The average molecular weight is 467 g/mol. The van der Waals surface area contributed by atoms with Crippen molar-refractivity contribution in [3.8, 4) is 17.1 Å². The number of amides is 2. The van der Waals surface area contributed by atoms with Crippen molar-refractivity contribution in [2.75, 3.05) is 12.0 Å². The zero-order valence-corrected chi connectivity index (χ0v) is 19.1. The Labute approximate surface area is 196 Å². The number of aromatic nitrogens is 4. The van der Waals surface area contributed by atoms with Gasteiger partial charge in [-0.2, -0.15) is 4.80 Å². The minimum atomic E-state index is -0.749. The highest BCUT2D eigenvalue weighted by atomic mass is 19.1. The van der Waals surface area contributed by atoms with Gasteiger partial charge in [-0.15, -0.1) is 10.2 Å². The van der Waals surface area contributed by atoms with E-state index in [4.69, 9.17) is 4.74 Å². The van der Waals surface area contributed by atoms with Gasteiger partial charge in [0.1, 0.15) is 24.2 Å². The number of hydrogen-bond donors (Lipinski definition) is 1. The van der Waals surface area contributed by atoms with Crippen LogP contribution < -0.4 is 15.0 Å². The van der Waals surface area contributed by atoms with Crippen molar-refractivity contribution in [3.05, 3.63) is 54.3 Å². The van der Waals surface area contributed by atoms with Crippen molar-refractivity contribution in [2.24, 2.45) is 0 Å². The molecule has 0 saturated heterocycles. The molecule has 0 radical (unpaired) electrons. The second kappa shape index (κ2) is 10.4. The lowest BCUT2D eigenvalue weighted by molar-refractivity contribution is -0.127. The van der Waals surface area contributed by atoms with E-state index in [1.165, 1.54) is 34.0 Å². The number of methoxy groups -OCH3 is 1. The maximum atomic E-state index is 13.4. The van der Waals surface area contributed by atoms with Crippen LogP contribution in [0.3, 0.4) is 0 Å². The minimum Gasteiger partial charge on any atom is -0.497 e. The lowest BCUT2D eigenvalue weighted by Crippen LogP contribution is -2.51. The molecule has 1 aliphatic rings. The molecule has 10 heteroatoms. The van der Waals surface area contributed by atoms with Crippen LogP contribution in [0.4, 0.5) is 10.1 Å². The highest BCUT2D eigenvalue weighted by Gasteiger charge is 2.30. The number of rotatable bonds is 8. The number of nitrogens with zero attached hydrogens (tertiary/aromatic N) is 5. The molecule has 1 aromatic heterocycles. The number of hydrogen-bond acceptors (Lipinski definition) is 6. The number of ether oxygens (including phenoxy) is 1. The summed E-state index contributed by atoms with van der Waals surface area (Å²) >= 11 is 0. The third-order valence-corrected chi connectivity index (χ3v) is 5.92. The van der Waals surface area contributed by atoms with E-state index in [9.17, 15) is 14.0 Å². The summed E-state index contributed by atoms with van der Waals surface area (Å²) in [5.74, 6) is -0.0415. The molecule has 2 aromatic carbocycles. The summed E-state index contributed by atoms with van der Waals surface area (Å²) in [6, 6.07) is 12.0. The van der Waals surface area contributed by atoms with Crippen LogP contribution in [0.2, 0.25) is 0 Å². The summed E-state index contributed by atoms with van der Waals surface area (Å²) in [5.41, 5.74) is 1.13. The van der Waals surface area contributed by atoms with Crippen molar-refractivity contribution in [1.82, 2.24) is 25.5 Å². The first kappa shape index (κ1) is 23.3. The van der Waals surface area contributed by atoms with E-state index >= 15 is 0 Å². The molecule has 1 heterocycles. The van der Waals surface area contributed by atoms with Gasteiger partial charge in [0.2, 0.25) is 11.7 Å². The molecule has 1 N–H and O–H groups in total. The van der Waals surface area contributed by atoms with E-state index in [0.717, 1.165) is 25.7 Å². The number of carbonyl (C=O) groups excluding carboxylic acids is 2. The van der Waals surface area contributed by atoms with Crippen LogP contribution in [0, 0.1) is 5.82 Å². The number of tetrazole rings is 1. The normalized spacial score (nSPS) is 14.6. The van der Waals surface area contributed by atoms with Crippen LogP contribution >= 0.6 is 0 Å². The molecule has 1 fully saturated rings. The molecule has 9 nitrogen and oxygen atoms in total. The van der Waals surface area contributed by atoms with Crippen LogP contribution in [-0.2, 0) is 16.1 Å². The van der Waals surface area contributed by atoms with Gasteiger partial charge in [0.25, 0.3) is 5.91 Å². The Hall–Kier alpha value is -3.82. The predicted octanol–water partition coefficient (Wildman–Crippen LogP) is 2.97. The molecule has 0 aliphatic heterocycles. The largest absolute Gasteiger partial charge is 0.497 e. The fourth-order valence-electron chi connectivity index (χ4n) is 4.06. The van der Waals surface area contributed by atoms with Gasteiger partial charge in [-0.3, -0.25) is 14.5 Å². The Morgan fingerprint density at radius 3 is 2.47 bits per heavy atom. The Kier molecular flexibility index (Phi) is 7.15. The maximum absolute atomic E-state index is 13.4. The smallest absolute Gasteiger partial charge is 0.251 e. The predicted molar refractivity (Wildman–Crippen MR) is 124 cm³/mol. The summed E-state index contributed by atoms with van der Waals surface area (Å²) in [5, 5.41) is 15.2. The molecule has 1 aliphatic carbocycles. The molecule has 0 bridgehead atoms. The van der Waals surface area contributed by atoms with Crippen molar-refractivity contribution in [1.29, 1.82) is 0 Å². The van der Waals surface area contributed by atoms with Crippen LogP contribution in [0.5, 0.6) is 5.75 Å². The lowest BCUT2D eigenvalue weighted by Gasteiger charge is -2.29. The zero-order valence-electron chi connectivity index (χ0n) is 19.1. The van der Waals surface area contributed by atoms with E-state index in [0.29, 0.717) is 17.0 Å². The second-order valence-corrected chi connectivity index (χ2v) is 8.28. The number of anilines is 1. The highest BCUT2D eigenvalue weighted by Crippen LogP contribution is 2.23. The quantitative estimate of drug-likeness (QED) is 0.548. The molecule has 178 valence electrons. The maximum Gasteiger partial charge on any atom is 0.251 e. The van der Waals surface area contributed by atoms with Gasteiger partial charge in [-0.25, -0.2) is 4.39 Å². The molecule has 1 saturated carbocycles. The molecule has 3 aromatic rings. The first-order valence-electron chi connectivity index (χ1n) is 11.2. The molecule has 34 heavy (non-hydrogen) atoms. The summed E-state index contributed by atoms with van der Waals surface area (Å²) in [6.07, 6.45) is 4.08. The van der Waals surface area contributed by atoms with Gasteiger partial charge in [-0.1, -0.05) is 12.8 Å². The van der Waals surface area contributed by atoms with E-state index in [1.807, 2.05) is 0 Å². The molecule has 2 amide bonds. The number of carbonyl (C=O) groups is 2. The highest BCUT2D eigenvalue weighted by molar-refractivity contribution is 6.00. The van der Waals surface area contributed by atoms with Crippen molar-refractivity contribution < 1.29 is 18.7 Å². The average Bonchev–Trinajstić information content (AvgIpc) is 3.52. The second-order valence-electron chi connectivity index (χ2n) is 8.28. The van der Waals surface area contributed by atoms with Gasteiger partial charge >= 0.3 is 0 Å². The standard InChI is InChI=1S/C24H27FN6O3/c1-16(24(33)26-19-5-3-4-6-19)31(20-11-13-21(34-2)14-12-20)22(32)15-30-28-23(27-29-30)17-7-9-18(25)10-8-17/h7-14,16,19H,3-6,15H2,1-2H3,(H,26,33)/t16-/m0/s1. The molecule has 1 atom stereocenters. The topological polar surface area (TPSA) is 102 Å². The molecule has 0 spiro atoms. The molecule has 0 unspecified atom stereocenters. The Morgan fingerprint density at radius 2 is 1.82 bits per heavy atom. The minimum absolute atomic E-state index is 0.137. The van der Waals surface area contributed by atoms with E-state index in [-0.39, 0.29) is 36.0 Å². The van der Waals surface area contributed by atoms with Crippen molar-refractivity contribution >= 4 is 17.5 Å². The Bertz CT molecular complexity index is 1130. The van der Waals surface area contributed by atoms with Crippen LogP contribution in [0.25, 0.3) is 11.4 Å². The van der Waals surface area contributed by atoms with E-state index in [2.05, 4.69) is 20.7 Å². The van der Waals surface area contributed by atoms with Gasteiger partial charge in [0.15, 0.2) is 0 Å². The molecule has 4 rings (SSSR count). The Balaban J connectivity index is 1.54. The van der Waals surface area contributed by atoms with Crippen molar-refractivity contribution in [2.45, 2.75) is 51.2 Å². The van der Waals surface area contributed by atoms with E-state index < -0.39 is 6.04 Å². The summed E-state index contributed by atoms with van der Waals surface area (Å²) in [7, 11) is 1.56. The first-order valence-corrected chi connectivity index (χ1v) is 11.2.